The summed E-state index contributed by atoms with van der Waals surface area (Å²) in [5, 5.41) is 12.8. The SMILES string of the molecule is Cc1cc(Cl)ccc1OCn1ccc(C(=O)Nc2nn(Cc3ccccc3Cl)cc2Br)n1. The first-order valence-corrected chi connectivity index (χ1v) is 11.1. The first-order chi connectivity index (χ1) is 15.4. The van der Waals surface area contributed by atoms with Crippen LogP contribution in [0.3, 0.4) is 0 Å². The number of nitrogens with one attached hydrogen (secondary N) is 1. The van der Waals surface area contributed by atoms with E-state index in [0.29, 0.717) is 32.6 Å². The van der Waals surface area contributed by atoms with Crippen LogP contribution < -0.4 is 10.1 Å². The maximum atomic E-state index is 12.6. The molecule has 2 heterocycles. The summed E-state index contributed by atoms with van der Waals surface area (Å²) in [4.78, 5) is 12.6. The Labute approximate surface area is 203 Å². The van der Waals surface area contributed by atoms with Gasteiger partial charge in [0.1, 0.15) is 5.75 Å². The highest BCUT2D eigenvalue weighted by Gasteiger charge is 2.15. The van der Waals surface area contributed by atoms with E-state index >= 15 is 0 Å². The number of aromatic nitrogens is 4. The topological polar surface area (TPSA) is 74.0 Å². The van der Waals surface area contributed by atoms with Crippen LogP contribution in [0.2, 0.25) is 10.0 Å². The van der Waals surface area contributed by atoms with Crippen molar-refractivity contribution in [2.45, 2.75) is 20.2 Å². The Morgan fingerprint density at radius 3 is 2.72 bits per heavy atom. The maximum absolute atomic E-state index is 12.6. The molecule has 164 valence electrons. The molecule has 4 aromatic rings. The number of amides is 1. The molecule has 0 aliphatic rings. The number of carbonyl (C=O) groups is 1. The molecule has 32 heavy (non-hydrogen) atoms. The van der Waals surface area contributed by atoms with Gasteiger partial charge >= 0.3 is 0 Å². The third-order valence-electron chi connectivity index (χ3n) is 4.60. The summed E-state index contributed by atoms with van der Waals surface area (Å²) in [6, 6.07) is 14.5. The molecule has 1 amide bonds. The molecule has 10 heteroatoms. The number of halogens is 3. The molecule has 0 spiro atoms. The summed E-state index contributed by atoms with van der Waals surface area (Å²) in [5.41, 5.74) is 2.09. The van der Waals surface area contributed by atoms with Crippen LogP contribution in [0.4, 0.5) is 5.82 Å². The summed E-state index contributed by atoms with van der Waals surface area (Å²) < 4.78 is 9.64. The molecule has 0 aliphatic heterocycles. The zero-order valence-corrected chi connectivity index (χ0v) is 20.0. The van der Waals surface area contributed by atoms with Gasteiger partial charge in [0, 0.05) is 22.4 Å². The minimum atomic E-state index is -0.380. The lowest BCUT2D eigenvalue weighted by Gasteiger charge is -2.09. The minimum absolute atomic E-state index is 0.159. The molecule has 4 rings (SSSR count). The van der Waals surface area contributed by atoms with Crippen LogP contribution in [0, 0.1) is 6.92 Å². The third-order valence-corrected chi connectivity index (χ3v) is 5.79. The van der Waals surface area contributed by atoms with Crippen molar-refractivity contribution < 1.29 is 9.53 Å². The lowest BCUT2D eigenvalue weighted by molar-refractivity contribution is 0.101. The van der Waals surface area contributed by atoms with E-state index in [9.17, 15) is 4.79 Å². The predicted molar refractivity (Wildman–Crippen MR) is 127 cm³/mol. The summed E-state index contributed by atoms with van der Waals surface area (Å²) in [5.74, 6) is 0.712. The number of carbonyl (C=O) groups excluding carboxylic acids is 1. The van der Waals surface area contributed by atoms with Crippen molar-refractivity contribution in [3.8, 4) is 5.75 Å². The third kappa shape index (κ3) is 5.32. The predicted octanol–water partition coefficient (Wildman–Crippen LogP) is 5.79. The van der Waals surface area contributed by atoms with Gasteiger partial charge in [-0.2, -0.15) is 10.2 Å². The van der Waals surface area contributed by atoms with E-state index in [1.807, 2.05) is 37.3 Å². The quantitative estimate of drug-likeness (QED) is 0.325. The van der Waals surface area contributed by atoms with E-state index in [2.05, 4.69) is 31.4 Å². The summed E-state index contributed by atoms with van der Waals surface area (Å²) >= 11 is 15.6. The van der Waals surface area contributed by atoms with E-state index in [4.69, 9.17) is 27.9 Å². The van der Waals surface area contributed by atoms with Crippen molar-refractivity contribution in [2.24, 2.45) is 0 Å². The monoisotopic (exact) mass is 533 g/mol. The standard InChI is InChI=1S/C22H18BrCl2N5O2/c1-14-10-16(24)6-7-20(14)32-13-29-9-8-19(27-29)22(31)26-21-17(23)12-30(28-21)11-15-4-2-3-5-18(15)25/h2-10,12H,11,13H2,1H3,(H,26,28,31). The molecule has 0 saturated heterocycles. The molecule has 0 unspecified atom stereocenters. The van der Waals surface area contributed by atoms with Gasteiger partial charge in [0.2, 0.25) is 0 Å². The highest BCUT2D eigenvalue weighted by molar-refractivity contribution is 9.10. The highest BCUT2D eigenvalue weighted by atomic mass is 79.9. The zero-order chi connectivity index (χ0) is 22.7. The average Bonchev–Trinajstić information content (AvgIpc) is 3.36. The van der Waals surface area contributed by atoms with E-state index in [1.165, 1.54) is 4.68 Å². The van der Waals surface area contributed by atoms with E-state index in [-0.39, 0.29) is 18.3 Å². The van der Waals surface area contributed by atoms with Crippen LogP contribution in [0.25, 0.3) is 0 Å². The number of anilines is 1. The van der Waals surface area contributed by atoms with Gasteiger partial charge < -0.3 is 10.1 Å². The van der Waals surface area contributed by atoms with Crippen LogP contribution in [-0.4, -0.2) is 25.5 Å². The van der Waals surface area contributed by atoms with Gasteiger partial charge in [0.15, 0.2) is 18.2 Å². The van der Waals surface area contributed by atoms with E-state index in [0.717, 1.165) is 11.1 Å². The fraction of sp³-hybridized carbons (Fsp3) is 0.136. The molecule has 0 aliphatic carbocycles. The van der Waals surface area contributed by atoms with Gasteiger partial charge in [-0.25, -0.2) is 4.68 Å². The molecule has 2 aromatic heterocycles. The Morgan fingerprint density at radius 2 is 1.94 bits per heavy atom. The number of nitrogens with zero attached hydrogens (tertiary/aromatic N) is 4. The second-order valence-corrected chi connectivity index (χ2v) is 8.69. The first kappa shape index (κ1) is 22.4. The average molecular weight is 535 g/mol. The van der Waals surface area contributed by atoms with E-state index < -0.39 is 0 Å². The smallest absolute Gasteiger partial charge is 0.277 e. The van der Waals surface area contributed by atoms with Gasteiger partial charge in [-0.3, -0.25) is 9.48 Å². The van der Waals surface area contributed by atoms with Crippen LogP contribution >= 0.6 is 39.1 Å². The van der Waals surface area contributed by atoms with Gasteiger partial charge in [-0.1, -0.05) is 41.4 Å². The normalized spacial score (nSPS) is 10.9. The van der Waals surface area contributed by atoms with Crippen molar-refractivity contribution in [2.75, 3.05) is 5.32 Å². The lowest BCUT2D eigenvalue weighted by Crippen LogP contribution is -2.15. The number of ether oxygens (including phenoxy) is 1. The van der Waals surface area contributed by atoms with Crippen molar-refractivity contribution >= 4 is 50.9 Å². The van der Waals surface area contributed by atoms with Crippen LogP contribution in [-0.2, 0) is 13.3 Å². The van der Waals surface area contributed by atoms with Crippen LogP contribution in [0.15, 0.2) is 65.4 Å². The van der Waals surface area contributed by atoms with Gasteiger partial charge in [-0.15, -0.1) is 0 Å². The molecule has 0 bridgehead atoms. The molecule has 0 atom stereocenters. The molecular formula is C22H18BrCl2N5O2. The Morgan fingerprint density at radius 1 is 1.12 bits per heavy atom. The molecule has 0 saturated carbocycles. The molecule has 0 radical (unpaired) electrons. The van der Waals surface area contributed by atoms with Crippen molar-refractivity contribution in [3.05, 3.63) is 92.3 Å². The highest BCUT2D eigenvalue weighted by Crippen LogP contribution is 2.24. The number of aryl methyl sites for hydroxylation is 1. The van der Waals surface area contributed by atoms with Crippen molar-refractivity contribution in [1.82, 2.24) is 19.6 Å². The summed E-state index contributed by atoms with van der Waals surface area (Å²) in [7, 11) is 0. The summed E-state index contributed by atoms with van der Waals surface area (Å²) in [6.45, 7) is 2.54. The Bertz CT molecular complexity index is 1270. The maximum Gasteiger partial charge on any atom is 0.277 e. The Balaban J connectivity index is 1.39. The molecule has 7 nitrogen and oxygen atoms in total. The fourth-order valence-corrected chi connectivity index (χ4v) is 3.84. The number of hydrogen-bond donors (Lipinski definition) is 1. The molecular weight excluding hydrogens is 517 g/mol. The number of rotatable bonds is 7. The summed E-state index contributed by atoms with van der Waals surface area (Å²) in [6.07, 6.45) is 3.45. The van der Waals surface area contributed by atoms with Crippen molar-refractivity contribution in [3.63, 3.8) is 0 Å². The van der Waals surface area contributed by atoms with Crippen LogP contribution in [0.1, 0.15) is 21.6 Å². The molecule has 2 aromatic carbocycles. The van der Waals surface area contributed by atoms with E-state index in [1.54, 1.807) is 35.3 Å². The number of hydrogen-bond acceptors (Lipinski definition) is 4. The molecule has 0 fully saturated rings. The lowest BCUT2D eigenvalue weighted by atomic mass is 10.2. The van der Waals surface area contributed by atoms with Gasteiger partial charge in [-0.05, 0) is 64.3 Å². The first-order valence-electron chi connectivity index (χ1n) is 9.59. The van der Waals surface area contributed by atoms with Crippen LogP contribution in [0.5, 0.6) is 5.75 Å². The zero-order valence-electron chi connectivity index (χ0n) is 16.9. The fourth-order valence-electron chi connectivity index (χ4n) is 3.00. The Kier molecular flexibility index (Phi) is 6.83. The number of benzene rings is 2. The Hall–Kier alpha value is -2.81. The molecule has 1 N–H and O–H groups in total. The second-order valence-electron chi connectivity index (χ2n) is 6.99. The largest absolute Gasteiger partial charge is 0.471 e. The minimum Gasteiger partial charge on any atom is -0.471 e. The second kappa shape index (κ2) is 9.77. The van der Waals surface area contributed by atoms with Crippen molar-refractivity contribution in [1.29, 1.82) is 0 Å². The van der Waals surface area contributed by atoms with Gasteiger partial charge in [0.25, 0.3) is 5.91 Å². The van der Waals surface area contributed by atoms with Gasteiger partial charge in [0.05, 0.1) is 11.0 Å².